The van der Waals surface area contributed by atoms with Gasteiger partial charge >= 0.3 is 0 Å². The predicted octanol–water partition coefficient (Wildman–Crippen LogP) is 4.23. The van der Waals surface area contributed by atoms with E-state index in [-0.39, 0.29) is 11.3 Å². The molecule has 1 rings (SSSR count). The van der Waals surface area contributed by atoms with Gasteiger partial charge in [-0.1, -0.05) is 29.8 Å². The Morgan fingerprint density at radius 1 is 1.45 bits per heavy atom. The molecule has 112 valence electrons. The van der Waals surface area contributed by atoms with E-state index in [1.807, 2.05) is 6.07 Å². The Morgan fingerprint density at radius 2 is 2.15 bits per heavy atom. The molecule has 0 saturated carbocycles. The topological polar surface area (TPSA) is 38.3 Å². The number of amides is 1. The molecular formula is C15H21BrClNO2. The van der Waals surface area contributed by atoms with Crippen LogP contribution in [0.15, 0.2) is 22.7 Å². The molecule has 0 aliphatic rings. The van der Waals surface area contributed by atoms with Crippen LogP contribution in [0.5, 0.6) is 5.75 Å². The van der Waals surface area contributed by atoms with Crippen LogP contribution in [0.4, 0.5) is 0 Å². The van der Waals surface area contributed by atoms with Crippen molar-refractivity contribution in [3.63, 3.8) is 0 Å². The first-order valence-corrected chi connectivity index (χ1v) is 7.90. The SMILES string of the molecule is COc1cc(Br)ccc1C(=O)NCC(C)(C)CCCCl. The predicted molar refractivity (Wildman–Crippen MR) is 86.8 cm³/mol. The lowest BCUT2D eigenvalue weighted by molar-refractivity contribution is 0.0931. The largest absolute Gasteiger partial charge is 0.496 e. The number of halogens is 2. The highest BCUT2D eigenvalue weighted by atomic mass is 79.9. The van der Waals surface area contributed by atoms with E-state index in [1.54, 1.807) is 19.2 Å². The van der Waals surface area contributed by atoms with Gasteiger partial charge in [-0.3, -0.25) is 4.79 Å². The molecule has 0 heterocycles. The van der Waals surface area contributed by atoms with Crippen molar-refractivity contribution in [1.29, 1.82) is 0 Å². The molecule has 3 nitrogen and oxygen atoms in total. The standard InChI is InChI=1S/C15H21BrClNO2/c1-15(2,7-4-8-17)10-18-14(19)12-6-5-11(16)9-13(12)20-3/h5-6,9H,4,7-8,10H2,1-3H3,(H,18,19). The minimum Gasteiger partial charge on any atom is -0.496 e. The second-order valence-electron chi connectivity index (χ2n) is 5.48. The average Bonchev–Trinajstić information content (AvgIpc) is 2.42. The van der Waals surface area contributed by atoms with Crippen LogP contribution in [0.25, 0.3) is 0 Å². The van der Waals surface area contributed by atoms with Crippen LogP contribution in [0.3, 0.4) is 0 Å². The lowest BCUT2D eigenvalue weighted by Crippen LogP contribution is -2.34. The van der Waals surface area contributed by atoms with E-state index in [1.165, 1.54) is 0 Å². The van der Waals surface area contributed by atoms with Gasteiger partial charge in [-0.25, -0.2) is 0 Å². The summed E-state index contributed by atoms with van der Waals surface area (Å²) in [6.45, 7) is 4.86. The maximum absolute atomic E-state index is 12.2. The van der Waals surface area contributed by atoms with Crippen LogP contribution in [0, 0.1) is 5.41 Å². The molecule has 20 heavy (non-hydrogen) atoms. The fourth-order valence-corrected chi connectivity index (χ4v) is 2.37. The van der Waals surface area contributed by atoms with Gasteiger partial charge in [0, 0.05) is 16.9 Å². The van der Waals surface area contributed by atoms with Crippen molar-refractivity contribution in [1.82, 2.24) is 5.32 Å². The number of alkyl halides is 1. The summed E-state index contributed by atoms with van der Waals surface area (Å²) >= 11 is 9.07. The van der Waals surface area contributed by atoms with Crippen LogP contribution in [0.1, 0.15) is 37.0 Å². The van der Waals surface area contributed by atoms with Crippen molar-refractivity contribution >= 4 is 33.4 Å². The van der Waals surface area contributed by atoms with Crippen molar-refractivity contribution in [2.24, 2.45) is 5.41 Å². The monoisotopic (exact) mass is 361 g/mol. The molecule has 0 fully saturated rings. The van der Waals surface area contributed by atoms with Gasteiger partial charge in [-0.15, -0.1) is 11.6 Å². The molecule has 0 aromatic heterocycles. The summed E-state index contributed by atoms with van der Waals surface area (Å²) in [6, 6.07) is 5.37. The van der Waals surface area contributed by atoms with Gasteiger partial charge in [0.05, 0.1) is 12.7 Å². The Morgan fingerprint density at radius 3 is 2.75 bits per heavy atom. The molecule has 1 amide bonds. The molecular weight excluding hydrogens is 342 g/mol. The molecule has 1 aromatic carbocycles. The number of ether oxygens (including phenoxy) is 1. The van der Waals surface area contributed by atoms with E-state index in [9.17, 15) is 4.79 Å². The zero-order valence-corrected chi connectivity index (χ0v) is 14.5. The third-order valence-electron chi connectivity index (χ3n) is 3.12. The summed E-state index contributed by atoms with van der Waals surface area (Å²) in [5.74, 6) is 1.10. The van der Waals surface area contributed by atoms with Gasteiger partial charge in [0.15, 0.2) is 0 Å². The summed E-state index contributed by atoms with van der Waals surface area (Å²) in [5, 5.41) is 2.96. The normalized spacial score (nSPS) is 11.2. The zero-order valence-electron chi connectivity index (χ0n) is 12.1. The second kappa shape index (κ2) is 7.89. The third kappa shape index (κ3) is 5.33. The highest BCUT2D eigenvalue weighted by Crippen LogP contribution is 2.25. The van der Waals surface area contributed by atoms with Crippen molar-refractivity contribution < 1.29 is 9.53 Å². The molecule has 0 saturated heterocycles. The van der Waals surface area contributed by atoms with Crippen LogP contribution < -0.4 is 10.1 Å². The smallest absolute Gasteiger partial charge is 0.255 e. The summed E-state index contributed by atoms with van der Waals surface area (Å²) < 4.78 is 6.12. The Kier molecular flexibility index (Phi) is 6.83. The Labute approximate surface area is 134 Å². The highest BCUT2D eigenvalue weighted by molar-refractivity contribution is 9.10. The Hall–Kier alpha value is -0.740. The molecule has 5 heteroatoms. The molecule has 0 atom stereocenters. The van der Waals surface area contributed by atoms with E-state index >= 15 is 0 Å². The number of carbonyl (C=O) groups excluding carboxylic acids is 1. The first-order chi connectivity index (χ1) is 9.39. The van der Waals surface area contributed by atoms with Crippen molar-refractivity contribution in [3.05, 3.63) is 28.2 Å². The van der Waals surface area contributed by atoms with Crippen molar-refractivity contribution in [2.75, 3.05) is 19.5 Å². The van der Waals surface area contributed by atoms with E-state index in [0.29, 0.717) is 23.7 Å². The average molecular weight is 363 g/mol. The molecule has 0 aliphatic heterocycles. The summed E-state index contributed by atoms with van der Waals surface area (Å²) in [4.78, 5) is 12.2. The van der Waals surface area contributed by atoms with Gasteiger partial charge in [0.1, 0.15) is 5.75 Å². The quantitative estimate of drug-likeness (QED) is 0.737. The molecule has 0 radical (unpaired) electrons. The molecule has 1 N–H and O–H groups in total. The van der Waals surface area contributed by atoms with Crippen LogP contribution in [-0.2, 0) is 0 Å². The highest BCUT2D eigenvalue weighted by Gasteiger charge is 2.20. The van der Waals surface area contributed by atoms with E-state index in [4.69, 9.17) is 16.3 Å². The third-order valence-corrected chi connectivity index (χ3v) is 3.88. The fourth-order valence-electron chi connectivity index (χ4n) is 1.90. The van der Waals surface area contributed by atoms with Gasteiger partial charge in [-0.05, 0) is 36.5 Å². The first kappa shape index (κ1) is 17.3. The summed E-state index contributed by atoms with van der Waals surface area (Å²) in [6.07, 6.45) is 1.93. The van der Waals surface area contributed by atoms with E-state index < -0.39 is 0 Å². The van der Waals surface area contributed by atoms with E-state index in [2.05, 4.69) is 35.1 Å². The van der Waals surface area contributed by atoms with Gasteiger partial charge in [0.25, 0.3) is 5.91 Å². The van der Waals surface area contributed by atoms with Gasteiger partial charge < -0.3 is 10.1 Å². The number of rotatable bonds is 7. The summed E-state index contributed by atoms with van der Waals surface area (Å²) in [5.41, 5.74) is 0.580. The van der Waals surface area contributed by atoms with Crippen LogP contribution in [-0.4, -0.2) is 25.4 Å². The van der Waals surface area contributed by atoms with Gasteiger partial charge in [0.2, 0.25) is 0 Å². The maximum atomic E-state index is 12.2. The van der Waals surface area contributed by atoms with Crippen molar-refractivity contribution in [2.45, 2.75) is 26.7 Å². The number of benzene rings is 1. The lowest BCUT2D eigenvalue weighted by Gasteiger charge is -2.24. The first-order valence-electron chi connectivity index (χ1n) is 6.57. The number of hydrogen-bond acceptors (Lipinski definition) is 2. The lowest BCUT2D eigenvalue weighted by atomic mass is 9.88. The minimum absolute atomic E-state index is 0.0349. The Balaban J connectivity index is 2.67. The van der Waals surface area contributed by atoms with Crippen LogP contribution >= 0.6 is 27.5 Å². The minimum atomic E-state index is -0.117. The van der Waals surface area contributed by atoms with Gasteiger partial charge in [-0.2, -0.15) is 0 Å². The molecule has 1 aromatic rings. The van der Waals surface area contributed by atoms with Crippen molar-refractivity contribution in [3.8, 4) is 5.75 Å². The second-order valence-corrected chi connectivity index (χ2v) is 6.78. The zero-order chi connectivity index (χ0) is 15.2. The molecule has 0 bridgehead atoms. The number of hydrogen-bond donors (Lipinski definition) is 1. The number of methoxy groups -OCH3 is 1. The molecule has 0 aliphatic carbocycles. The molecule has 0 spiro atoms. The number of nitrogens with one attached hydrogen (secondary N) is 1. The number of carbonyl (C=O) groups is 1. The molecule has 0 unspecified atom stereocenters. The van der Waals surface area contributed by atoms with Crippen LogP contribution in [0.2, 0.25) is 0 Å². The Bertz CT molecular complexity index is 463. The van der Waals surface area contributed by atoms with E-state index in [0.717, 1.165) is 17.3 Å². The fraction of sp³-hybridized carbons (Fsp3) is 0.533. The summed E-state index contributed by atoms with van der Waals surface area (Å²) in [7, 11) is 1.56. The maximum Gasteiger partial charge on any atom is 0.255 e.